The molecular weight excluding hydrogens is 392 g/mol. The monoisotopic (exact) mass is 422 g/mol. The number of nitrogens with one attached hydrogen (secondary N) is 2. The fraction of sp³-hybridized carbons (Fsp3) is 0.500. The molecule has 0 aromatic heterocycles. The molecule has 0 fully saturated rings. The van der Waals surface area contributed by atoms with E-state index in [9.17, 15) is 29.4 Å². The van der Waals surface area contributed by atoms with Gasteiger partial charge in [0, 0.05) is 12.8 Å². The van der Waals surface area contributed by atoms with Crippen LogP contribution in [0.15, 0.2) is 24.3 Å². The average molecular weight is 422 g/mol. The van der Waals surface area contributed by atoms with Crippen LogP contribution in [0.3, 0.4) is 0 Å². The molecule has 4 atom stereocenters. The van der Waals surface area contributed by atoms with Crippen molar-refractivity contribution in [3.63, 3.8) is 0 Å². The summed E-state index contributed by atoms with van der Waals surface area (Å²) >= 11 is 0. The predicted molar refractivity (Wildman–Crippen MR) is 109 cm³/mol. The lowest BCUT2D eigenvalue weighted by atomic mass is 9.98. The summed E-state index contributed by atoms with van der Waals surface area (Å²) in [5.74, 6) is -3.36. The number of aromatic hydroxyl groups is 1. The highest BCUT2D eigenvalue weighted by Gasteiger charge is 2.29. The highest BCUT2D eigenvalue weighted by atomic mass is 16.4. The molecule has 30 heavy (non-hydrogen) atoms. The number of carbonyl (C=O) groups excluding carboxylic acids is 3. The topological polar surface area (TPSA) is 185 Å². The van der Waals surface area contributed by atoms with Gasteiger partial charge in [0.1, 0.15) is 17.8 Å². The van der Waals surface area contributed by atoms with Crippen molar-refractivity contribution in [2.24, 2.45) is 17.4 Å². The molecule has 0 saturated heterocycles. The number of nitrogens with two attached hydrogens (primary N) is 2. The number of primary amides is 1. The molecular formula is C20H30N4O6. The molecule has 0 spiro atoms. The summed E-state index contributed by atoms with van der Waals surface area (Å²) in [6.07, 6.45) is 0.318. The molecule has 3 amide bonds. The molecule has 0 bridgehead atoms. The number of hydrogen-bond donors (Lipinski definition) is 6. The van der Waals surface area contributed by atoms with Gasteiger partial charge in [0.25, 0.3) is 0 Å². The molecule has 166 valence electrons. The maximum atomic E-state index is 12.8. The van der Waals surface area contributed by atoms with Crippen LogP contribution in [0.4, 0.5) is 0 Å². The van der Waals surface area contributed by atoms with Gasteiger partial charge in [0.15, 0.2) is 0 Å². The van der Waals surface area contributed by atoms with Crippen LogP contribution < -0.4 is 22.1 Å². The van der Waals surface area contributed by atoms with E-state index >= 15 is 0 Å². The number of amides is 3. The van der Waals surface area contributed by atoms with Crippen LogP contribution in [0, 0.1) is 5.92 Å². The molecule has 10 heteroatoms. The van der Waals surface area contributed by atoms with Crippen LogP contribution in [0.5, 0.6) is 5.75 Å². The van der Waals surface area contributed by atoms with Gasteiger partial charge in [0.05, 0.1) is 6.04 Å². The van der Waals surface area contributed by atoms with Gasteiger partial charge in [-0.05, 0) is 30.0 Å². The summed E-state index contributed by atoms with van der Waals surface area (Å²) in [5, 5.41) is 23.7. The second-order valence-corrected chi connectivity index (χ2v) is 7.25. The third kappa shape index (κ3) is 8.08. The van der Waals surface area contributed by atoms with Gasteiger partial charge in [-0.25, -0.2) is 4.79 Å². The van der Waals surface area contributed by atoms with E-state index in [-0.39, 0.29) is 30.9 Å². The van der Waals surface area contributed by atoms with Crippen molar-refractivity contribution in [3.8, 4) is 5.75 Å². The van der Waals surface area contributed by atoms with Crippen molar-refractivity contribution in [1.29, 1.82) is 0 Å². The molecule has 0 heterocycles. The summed E-state index contributed by atoms with van der Waals surface area (Å²) in [6, 6.07) is 2.75. The van der Waals surface area contributed by atoms with Crippen LogP contribution >= 0.6 is 0 Å². The molecule has 0 unspecified atom stereocenters. The van der Waals surface area contributed by atoms with Crippen molar-refractivity contribution in [1.82, 2.24) is 10.6 Å². The average Bonchev–Trinajstić information content (AvgIpc) is 2.70. The van der Waals surface area contributed by atoms with E-state index in [1.165, 1.54) is 12.1 Å². The first-order valence-electron chi connectivity index (χ1n) is 9.70. The Morgan fingerprint density at radius 1 is 1.03 bits per heavy atom. The minimum absolute atomic E-state index is 0.0416. The number of rotatable bonds is 12. The minimum Gasteiger partial charge on any atom is -0.508 e. The van der Waals surface area contributed by atoms with Gasteiger partial charge in [-0.1, -0.05) is 32.4 Å². The van der Waals surface area contributed by atoms with E-state index in [0.717, 1.165) is 0 Å². The Morgan fingerprint density at radius 2 is 1.60 bits per heavy atom. The SMILES string of the molecule is CC[C@H](C)[C@H](N)C(=O)N[C@@H](Cc1ccc(O)cc1)C(=O)N[C@@H](CCC(N)=O)C(=O)O. The first-order valence-corrected chi connectivity index (χ1v) is 9.70. The Kier molecular flexibility index (Phi) is 9.76. The number of carbonyl (C=O) groups is 4. The molecule has 1 rings (SSSR count). The number of hydrogen-bond acceptors (Lipinski definition) is 6. The number of phenols is 1. The van der Waals surface area contributed by atoms with Crippen molar-refractivity contribution in [2.45, 2.75) is 57.7 Å². The Morgan fingerprint density at radius 3 is 2.10 bits per heavy atom. The Balaban J connectivity index is 3.00. The molecule has 0 aliphatic rings. The summed E-state index contributed by atoms with van der Waals surface area (Å²) in [5.41, 5.74) is 11.6. The van der Waals surface area contributed by atoms with E-state index in [1.807, 2.05) is 13.8 Å². The fourth-order valence-electron chi connectivity index (χ4n) is 2.67. The van der Waals surface area contributed by atoms with E-state index in [0.29, 0.717) is 12.0 Å². The summed E-state index contributed by atoms with van der Waals surface area (Å²) in [7, 11) is 0. The van der Waals surface area contributed by atoms with Gasteiger partial charge in [-0.2, -0.15) is 0 Å². The van der Waals surface area contributed by atoms with Crippen molar-refractivity contribution < 1.29 is 29.4 Å². The van der Waals surface area contributed by atoms with Gasteiger partial charge in [-0.3, -0.25) is 14.4 Å². The van der Waals surface area contributed by atoms with Crippen LogP contribution in [-0.2, 0) is 25.6 Å². The summed E-state index contributed by atoms with van der Waals surface area (Å²) < 4.78 is 0. The normalized spacial score (nSPS) is 14.8. The highest BCUT2D eigenvalue weighted by molar-refractivity contribution is 5.92. The quantitative estimate of drug-likeness (QED) is 0.265. The summed E-state index contributed by atoms with van der Waals surface area (Å²) in [4.78, 5) is 47.7. The first-order chi connectivity index (χ1) is 14.0. The molecule has 0 aliphatic heterocycles. The molecule has 0 saturated carbocycles. The zero-order valence-electron chi connectivity index (χ0n) is 17.1. The van der Waals surface area contributed by atoms with E-state index in [4.69, 9.17) is 11.5 Å². The zero-order chi connectivity index (χ0) is 22.8. The predicted octanol–water partition coefficient (Wildman–Crippen LogP) is -0.372. The molecule has 1 aromatic carbocycles. The van der Waals surface area contributed by atoms with Gasteiger partial charge >= 0.3 is 5.97 Å². The fourth-order valence-corrected chi connectivity index (χ4v) is 2.67. The van der Waals surface area contributed by atoms with E-state index in [2.05, 4.69) is 10.6 Å². The molecule has 0 aliphatic carbocycles. The van der Waals surface area contributed by atoms with Crippen LogP contribution in [0.2, 0.25) is 0 Å². The lowest BCUT2D eigenvalue weighted by Gasteiger charge is -2.24. The largest absolute Gasteiger partial charge is 0.508 e. The minimum atomic E-state index is -1.34. The second kappa shape index (κ2) is 11.8. The number of aliphatic carboxylic acids is 1. The first kappa shape index (κ1) is 24.9. The Labute approximate surface area is 175 Å². The standard InChI is InChI=1S/C20H30N4O6/c1-3-11(2)17(22)19(28)24-15(10-12-4-6-13(25)7-5-12)18(27)23-14(20(29)30)8-9-16(21)26/h4-7,11,14-15,17,25H,3,8-10,22H2,1-2H3,(H2,21,26)(H,23,27)(H,24,28)(H,29,30)/t11-,14-,15-,17-/m0/s1. The maximum Gasteiger partial charge on any atom is 0.326 e. The lowest BCUT2D eigenvalue weighted by Crippen LogP contribution is -2.56. The van der Waals surface area contributed by atoms with Crippen molar-refractivity contribution in [2.75, 3.05) is 0 Å². The Hall–Kier alpha value is -3.14. The maximum absolute atomic E-state index is 12.8. The van der Waals surface area contributed by atoms with E-state index in [1.54, 1.807) is 12.1 Å². The van der Waals surface area contributed by atoms with Crippen molar-refractivity contribution in [3.05, 3.63) is 29.8 Å². The number of phenolic OH excluding ortho intramolecular Hbond substituents is 1. The second-order valence-electron chi connectivity index (χ2n) is 7.25. The Bertz CT molecular complexity index is 752. The van der Waals surface area contributed by atoms with Gasteiger partial charge in [-0.15, -0.1) is 0 Å². The zero-order valence-corrected chi connectivity index (χ0v) is 17.1. The molecule has 1 aromatic rings. The molecule has 0 radical (unpaired) electrons. The van der Waals surface area contributed by atoms with Crippen LogP contribution in [-0.4, -0.2) is 52.0 Å². The summed E-state index contributed by atoms with van der Waals surface area (Å²) in [6.45, 7) is 3.69. The molecule has 8 N–H and O–H groups in total. The van der Waals surface area contributed by atoms with Gasteiger partial charge in [0.2, 0.25) is 17.7 Å². The number of carboxylic acids is 1. The highest BCUT2D eigenvalue weighted by Crippen LogP contribution is 2.13. The van der Waals surface area contributed by atoms with E-state index < -0.39 is 41.8 Å². The van der Waals surface area contributed by atoms with Gasteiger partial charge < -0.3 is 32.3 Å². The van der Waals surface area contributed by atoms with Crippen LogP contribution in [0.1, 0.15) is 38.7 Å². The molecule has 10 nitrogen and oxygen atoms in total. The third-order valence-electron chi connectivity index (χ3n) is 4.86. The smallest absolute Gasteiger partial charge is 0.326 e. The third-order valence-corrected chi connectivity index (χ3v) is 4.86. The lowest BCUT2D eigenvalue weighted by molar-refractivity contribution is -0.142. The van der Waals surface area contributed by atoms with Crippen molar-refractivity contribution >= 4 is 23.7 Å². The number of carboxylic acid groups (broad SMARTS) is 1. The number of benzene rings is 1. The van der Waals surface area contributed by atoms with Crippen LogP contribution in [0.25, 0.3) is 0 Å².